The number of rotatable bonds is 4. The van der Waals surface area contributed by atoms with Crippen LogP contribution in [-0.2, 0) is 0 Å². The number of benzene rings is 2. The van der Waals surface area contributed by atoms with Crippen molar-refractivity contribution in [2.24, 2.45) is 5.10 Å². The Morgan fingerprint density at radius 3 is 2.79 bits per heavy atom. The Morgan fingerprint density at radius 1 is 1.25 bits per heavy atom. The highest BCUT2D eigenvalue weighted by atomic mass is 16.6. The lowest BCUT2D eigenvalue weighted by Crippen LogP contribution is -2.16. The van der Waals surface area contributed by atoms with Gasteiger partial charge in [0.2, 0.25) is 0 Å². The van der Waals surface area contributed by atoms with E-state index in [9.17, 15) is 20.0 Å². The first-order valence-corrected chi connectivity index (χ1v) is 6.84. The van der Waals surface area contributed by atoms with E-state index in [2.05, 4.69) is 10.5 Å². The number of phenols is 1. The summed E-state index contributed by atoms with van der Waals surface area (Å²) in [5, 5.41) is 24.6. The van der Waals surface area contributed by atoms with Crippen LogP contribution in [0.4, 0.5) is 5.69 Å². The smallest absolute Gasteiger partial charge is 0.311 e. The number of nitro groups is 1. The zero-order valence-corrected chi connectivity index (χ0v) is 12.2. The van der Waals surface area contributed by atoms with Crippen molar-refractivity contribution < 1.29 is 19.2 Å². The zero-order chi connectivity index (χ0) is 17.1. The van der Waals surface area contributed by atoms with Crippen LogP contribution in [0.25, 0.3) is 11.0 Å². The van der Waals surface area contributed by atoms with Gasteiger partial charge in [-0.25, -0.2) is 5.43 Å². The summed E-state index contributed by atoms with van der Waals surface area (Å²) >= 11 is 0. The Balaban J connectivity index is 1.73. The maximum absolute atomic E-state index is 12.0. The van der Waals surface area contributed by atoms with Crippen LogP contribution < -0.4 is 5.43 Å². The molecule has 0 aliphatic carbocycles. The van der Waals surface area contributed by atoms with Gasteiger partial charge in [0.05, 0.1) is 11.1 Å². The van der Waals surface area contributed by atoms with Crippen molar-refractivity contribution in [3.05, 3.63) is 70.0 Å². The van der Waals surface area contributed by atoms with E-state index >= 15 is 0 Å². The van der Waals surface area contributed by atoms with Crippen molar-refractivity contribution in [2.45, 2.75) is 0 Å². The van der Waals surface area contributed by atoms with Gasteiger partial charge in [-0.3, -0.25) is 14.9 Å². The molecular weight excluding hydrogens is 314 g/mol. The number of para-hydroxylation sites is 1. The molecule has 2 aromatic carbocycles. The molecule has 1 amide bonds. The average molecular weight is 325 g/mol. The quantitative estimate of drug-likeness (QED) is 0.434. The standard InChI is InChI=1S/C16H11N3O5/c20-13-6-5-10(7-12(13)19(22)23)9-17-18-16(21)15-8-11-3-1-2-4-14(11)24-15/h1-9,20H,(H,18,21)/b17-9+. The lowest BCUT2D eigenvalue weighted by molar-refractivity contribution is -0.385. The number of hydrogen-bond acceptors (Lipinski definition) is 6. The Morgan fingerprint density at radius 2 is 2.04 bits per heavy atom. The second-order valence-corrected chi connectivity index (χ2v) is 4.85. The maximum Gasteiger partial charge on any atom is 0.311 e. The van der Waals surface area contributed by atoms with E-state index in [1.807, 2.05) is 12.1 Å². The van der Waals surface area contributed by atoms with Crippen LogP contribution in [0.15, 0.2) is 58.0 Å². The molecule has 0 fully saturated rings. The van der Waals surface area contributed by atoms with Crippen molar-refractivity contribution in [1.82, 2.24) is 5.43 Å². The third kappa shape index (κ3) is 3.07. The van der Waals surface area contributed by atoms with E-state index < -0.39 is 22.3 Å². The van der Waals surface area contributed by atoms with Crippen LogP contribution in [0, 0.1) is 10.1 Å². The number of carbonyl (C=O) groups excluding carboxylic acids is 1. The second-order valence-electron chi connectivity index (χ2n) is 4.85. The normalized spacial score (nSPS) is 11.0. The third-order valence-electron chi connectivity index (χ3n) is 3.23. The van der Waals surface area contributed by atoms with E-state index in [-0.39, 0.29) is 5.76 Å². The number of hydrogen-bond donors (Lipinski definition) is 2. The number of aromatic hydroxyl groups is 1. The van der Waals surface area contributed by atoms with Gasteiger partial charge in [-0.15, -0.1) is 0 Å². The molecule has 0 saturated heterocycles. The topological polar surface area (TPSA) is 118 Å². The van der Waals surface area contributed by atoms with Gasteiger partial charge < -0.3 is 9.52 Å². The van der Waals surface area contributed by atoms with Crippen LogP contribution in [0.5, 0.6) is 5.75 Å². The highest BCUT2D eigenvalue weighted by molar-refractivity contribution is 5.96. The summed E-state index contributed by atoms with van der Waals surface area (Å²) in [5.74, 6) is -0.885. The third-order valence-corrected chi connectivity index (χ3v) is 3.23. The van der Waals surface area contributed by atoms with Gasteiger partial charge in [0, 0.05) is 17.0 Å². The summed E-state index contributed by atoms with van der Waals surface area (Å²) in [5.41, 5.74) is 2.77. The second kappa shape index (κ2) is 6.21. The van der Waals surface area contributed by atoms with Crippen molar-refractivity contribution in [1.29, 1.82) is 0 Å². The van der Waals surface area contributed by atoms with E-state index in [0.717, 1.165) is 11.5 Å². The van der Waals surface area contributed by atoms with E-state index in [0.29, 0.717) is 11.1 Å². The molecule has 0 radical (unpaired) electrons. The van der Waals surface area contributed by atoms with Gasteiger partial charge >= 0.3 is 11.6 Å². The van der Waals surface area contributed by atoms with Gasteiger partial charge in [-0.05, 0) is 24.3 Å². The Bertz CT molecular complexity index is 928. The summed E-state index contributed by atoms with van der Waals surface area (Å²) in [4.78, 5) is 22.0. The van der Waals surface area contributed by atoms with E-state index in [1.54, 1.807) is 18.2 Å². The SMILES string of the molecule is O=C(N/N=C/c1ccc(O)c([N+](=O)[O-])c1)c1cc2ccccc2o1. The van der Waals surface area contributed by atoms with Crippen LogP contribution in [-0.4, -0.2) is 22.2 Å². The maximum atomic E-state index is 12.0. The molecule has 0 atom stereocenters. The number of hydrazone groups is 1. The number of amides is 1. The fraction of sp³-hybridized carbons (Fsp3) is 0. The summed E-state index contributed by atoms with van der Waals surface area (Å²) < 4.78 is 5.39. The lowest BCUT2D eigenvalue weighted by Gasteiger charge is -1.98. The molecule has 2 N–H and O–H groups in total. The first-order chi connectivity index (χ1) is 11.5. The molecule has 0 spiro atoms. The molecule has 8 nitrogen and oxygen atoms in total. The minimum absolute atomic E-state index is 0.102. The fourth-order valence-corrected chi connectivity index (χ4v) is 2.08. The van der Waals surface area contributed by atoms with Crippen LogP contribution >= 0.6 is 0 Å². The molecule has 0 bridgehead atoms. The van der Waals surface area contributed by atoms with Gasteiger partial charge in [0.15, 0.2) is 11.5 Å². The lowest BCUT2D eigenvalue weighted by atomic mass is 10.2. The molecule has 0 aliphatic rings. The molecular formula is C16H11N3O5. The van der Waals surface area contributed by atoms with Gasteiger partial charge in [-0.1, -0.05) is 18.2 Å². The van der Waals surface area contributed by atoms with E-state index in [4.69, 9.17) is 4.42 Å². The Kier molecular flexibility index (Phi) is 3.94. The molecule has 0 aliphatic heterocycles. The number of carbonyl (C=O) groups is 1. The first kappa shape index (κ1) is 15.2. The number of nitrogens with one attached hydrogen (secondary N) is 1. The zero-order valence-electron chi connectivity index (χ0n) is 12.2. The summed E-state index contributed by atoms with van der Waals surface area (Å²) in [6.07, 6.45) is 1.23. The van der Waals surface area contributed by atoms with Crippen molar-refractivity contribution in [3.63, 3.8) is 0 Å². The van der Waals surface area contributed by atoms with Gasteiger partial charge in [0.25, 0.3) is 0 Å². The average Bonchev–Trinajstić information content (AvgIpc) is 3.00. The van der Waals surface area contributed by atoms with Crippen molar-refractivity contribution in [2.75, 3.05) is 0 Å². The molecule has 120 valence electrons. The molecule has 0 saturated carbocycles. The number of fused-ring (bicyclic) bond motifs is 1. The molecule has 8 heteroatoms. The largest absolute Gasteiger partial charge is 0.502 e. The van der Waals surface area contributed by atoms with Crippen molar-refractivity contribution >= 4 is 28.8 Å². The molecule has 24 heavy (non-hydrogen) atoms. The summed E-state index contributed by atoms with van der Waals surface area (Å²) in [6.45, 7) is 0. The highest BCUT2D eigenvalue weighted by Crippen LogP contribution is 2.25. The summed E-state index contributed by atoms with van der Waals surface area (Å²) in [7, 11) is 0. The van der Waals surface area contributed by atoms with Crippen molar-refractivity contribution in [3.8, 4) is 5.75 Å². The Hall–Kier alpha value is -3.68. The predicted molar refractivity (Wildman–Crippen MR) is 86.0 cm³/mol. The monoisotopic (exact) mass is 325 g/mol. The van der Waals surface area contributed by atoms with Crippen LogP contribution in [0.1, 0.15) is 16.1 Å². The minimum Gasteiger partial charge on any atom is -0.502 e. The fourth-order valence-electron chi connectivity index (χ4n) is 2.08. The predicted octanol–water partition coefficient (Wildman–Crippen LogP) is 2.81. The molecule has 1 heterocycles. The molecule has 0 unspecified atom stereocenters. The minimum atomic E-state index is -0.709. The van der Waals surface area contributed by atoms with Crippen LogP contribution in [0.2, 0.25) is 0 Å². The first-order valence-electron chi connectivity index (χ1n) is 6.84. The van der Waals surface area contributed by atoms with E-state index in [1.165, 1.54) is 18.3 Å². The van der Waals surface area contributed by atoms with Crippen LogP contribution in [0.3, 0.4) is 0 Å². The number of nitrogens with zero attached hydrogens (tertiary/aromatic N) is 2. The number of phenolic OH excluding ortho intramolecular Hbond substituents is 1. The highest BCUT2D eigenvalue weighted by Gasteiger charge is 2.13. The Labute approximate surface area is 135 Å². The van der Waals surface area contributed by atoms with Gasteiger partial charge in [-0.2, -0.15) is 5.10 Å². The summed E-state index contributed by atoms with van der Waals surface area (Å²) in [6, 6.07) is 12.5. The number of nitro benzene ring substituents is 1. The molecule has 1 aromatic heterocycles. The molecule has 3 rings (SSSR count). The molecule has 3 aromatic rings. The van der Waals surface area contributed by atoms with Gasteiger partial charge in [0.1, 0.15) is 5.58 Å². The number of furan rings is 1.